The molecule has 2 heteroatoms. The minimum atomic E-state index is -0.384. The van der Waals surface area contributed by atoms with Crippen molar-refractivity contribution in [3.8, 4) is 0 Å². The molecule has 1 nitrogen and oxygen atoms in total. The van der Waals surface area contributed by atoms with E-state index in [-0.39, 0.29) is 6.10 Å². The molecule has 0 saturated heterocycles. The van der Waals surface area contributed by atoms with Crippen LogP contribution in [0.3, 0.4) is 0 Å². The zero-order valence-electron chi connectivity index (χ0n) is 3.39. The van der Waals surface area contributed by atoms with Gasteiger partial charge in [-0.15, -0.1) is 6.58 Å². The Kier molecular flexibility index (Phi) is 3.47. The molecule has 1 atom stereocenters. The fraction of sp³-hybridized carbons (Fsp3) is 0.500. The van der Waals surface area contributed by atoms with Gasteiger partial charge in [0.25, 0.3) is 0 Å². The summed E-state index contributed by atoms with van der Waals surface area (Å²) in [7, 11) is 0. The lowest BCUT2D eigenvalue weighted by atomic mass is 10.4. The molecule has 0 spiro atoms. The first kappa shape index (κ1) is 6.18. The molecule has 0 rings (SSSR count). The molecule has 0 aliphatic heterocycles. The number of rotatable bonds is 2. The number of alkyl halides is 1. The van der Waals surface area contributed by atoms with Crippen LogP contribution in [-0.4, -0.2) is 16.5 Å². The summed E-state index contributed by atoms with van der Waals surface area (Å²) in [6.07, 6.45) is 1.10. The van der Waals surface area contributed by atoms with Crippen LogP contribution in [0, 0.1) is 0 Å². The van der Waals surface area contributed by atoms with Gasteiger partial charge in [0.2, 0.25) is 0 Å². The van der Waals surface area contributed by atoms with Gasteiger partial charge in [0.05, 0.1) is 6.10 Å². The van der Waals surface area contributed by atoms with Gasteiger partial charge < -0.3 is 5.11 Å². The van der Waals surface area contributed by atoms with Crippen LogP contribution in [0.25, 0.3) is 0 Å². The predicted octanol–water partition coefficient (Wildman–Crippen LogP) is 0.928. The van der Waals surface area contributed by atoms with Crippen molar-refractivity contribution >= 4 is 15.9 Å². The molecule has 0 unspecified atom stereocenters. The van der Waals surface area contributed by atoms with Gasteiger partial charge in [-0.3, -0.25) is 0 Å². The van der Waals surface area contributed by atoms with Gasteiger partial charge in [-0.1, -0.05) is 22.0 Å². The van der Waals surface area contributed by atoms with Crippen molar-refractivity contribution in [3.63, 3.8) is 0 Å². The average Bonchev–Trinajstić information content (AvgIpc) is 1.65. The Balaban J connectivity index is 2.96. The van der Waals surface area contributed by atoms with E-state index in [1.54, 1.807) is 0 Å². The maximum Gasteiger partial charge on any atom is 0.0815 e. The summed E-state index contributed by atoms with van der Waals surface area (Å²) in [5.74, 6) is 0. The standard InChI is InChI=1S/C4H7BrO/c1-2-4(6)3-5/h2,4,6H,1,3H2/t4-/m1/s1. The molecule has 0 aromatic rings. The minimum Gasteiger partial charge on any atom is -0.388 e. The van der Waals surface area contributed by atoms with Crippen molar-refractivity contribution in [2.45, 2.75) is 6.10 Å². The summed E-state index contributed by atoms with van der Waals surface area (Å²) >= 11 is 3.05. The highest BCUT2D eigenvalue weighted by atomic mass is 79.9. The van der Waals surface area contributed by atoms with Gasteiger partial charge in [-0.2, -0.15) is 0 Å². The fourth-order valence-corrected chi connectivity index (χ4v) is 0.327. The summed E-state index contributed by atoms with van der Waals surface area (Å²) in [6.45, 7) is 3.35. The Labute approximate surface area is 45.8 Å². The monoisotopic (exact) mass is 150 g/mol. The minimum absolute atomic E-state index is 0.384. The molecule has 36 valence electrons. The highest BCUT2D eigenvalue weighted by molar-refractivity contribution is 9.09. The molecular formula is C4H7BrO. The van der Waals surface area contributed by atoms with Crippen molar-refractivity contribution in [1.29, 1.82) is 0 Å². The van der Waals surface area contributed by atoms with Crippen LogP contribution in [0.5, 0.6) is 0 Å². The van der Waals surface area contributed by atoms with E-state index in [1.807, 2.05) is 0 Å². The lowest BCUT2D eigenvalue weighted by Crippen LogP contribution is -2.00. The van der Waals surface area contributed by atoms with E-state index in [2.05, 4.69) is 22.5 Å². The highest BCUT2D eigenvalue weighted by Gasteiger charge is 1.87. The molecule has 0 aliphatic rings. The number of hydrogen-bond donors (Lipinski definition) is 1. The SMILES string of the molecule is C=C[C@@H](O)CBr. The van der Waals surface area contributed by atoms with Gasteiger partial charge in [0, 0.05) is 5.33 Å². The molecular weight excluding hydrogens is 144 g/mol. The van der Waals surface area contributed by atoms with Gasteiger partial charge in [-0.05, 0) is 0 Å². The van der Waals surface area contributed by atoms with Gasteiger partial charge in [-0.25, -0.2) is 0 Å². The van der Waals surface area contributed by atoms with Gasteiger partial charge in [0.1, 0.15) is 0 Å². The van der Waals surface area contributed by atoms with Crippen LogP contribution >= 0.6 is 15.9 Å². The van der Waals surface area contributed by atoms with Crippen molar-refractivity contribution < 1.29 is 5.11 Å². The summed E-state index contributed by atoms with van der Waals surface area (Å²) < 4.78 is 0. The first-order chi connectivity index (χ1) is 2.81. The molecule has 6 heavy (non-hydrogen) atoms. The highest BCUT2D eigenvalue weighted by Crippen LogP contribution is 1.87. The second kappa shape index (κ2) is 3.37. The van der Waals surface area contributed by atoms with Gasteiger partial charge >= 0.3 is 0 Å². The van der Waals surface area contributed by atoms with E-state index in [1.165, 1.54) is 6.08 Å². The van der Waals surface area contributed by atoms with Crippen LogP contribution in [0.2, 0.25) is 0 Å². The Hall–Kier alpha value is 0.180. The topological polar surface area (TPSA) is 20.2 Å². The molecule has 0 radical (unpaired) electrons. The van der Waals surface area contributed by atoms with Crippen LogP contribution < -0.4 is 0 Å². The van der Waals surface area contributed by atoms with E-state index >= 15 is 0 Å². The molecule has 0 bridgehead atoms. The quantitative estimate of drug-likeness (QED) is 0.459. The van der Waals surface area contributed by atoms with Crippen molar-refractivity contribution in [2.75, 3.05) is 5.33 Å². The van der Waals surface area contributed by atoms with Gasteiger partial charge in [0.15, 0.2) is 0 Å². The predicted molar refractivity (Wildman–Crippen MR) is 30.0 cm³/mol. The van der Waals surface area contributed by atoms with E-state index in [0.717, 1.165) is 0 Å². The first-order valence-electron chi connectivity index (χ1n) is 1.68. The number of halogens is 1. The van der Waals surface area contributed by atoms with E-state index in [0.29, 0.717) is 5.33 Å². The van der Waals surface area contributed by atoms with Crippen molar-refractivity contribution in [3.05, 3.63) is 12.7 Å². The average molecular weight is 151 g/mol. The van der Waals surface area contributed by atoms with Crippen molar-refractivity contribution in [2.24, 2.45) is 0 Å². The molecule has 0 fully saturated rings. The molecule has 1 N–H and O–H groups in total. The molecule has 0 aromatic carbocycles. The largest absolute Gasteiger partial charge is 0.388 e. The summed E-state index contributed by atoms with van der Waals surface area (Å²) in [5.41, 5.74) is 0. The van der Waals surface area contributed by atoms with Crippen LogP contribution in [-0.2, 0) is 0 Å². The van der Waals surface area contributed by atoms with Crippen LogP contribution in [0.15, 0.2) is 12.7 Å². The second-order valence-corrected chi connectivity index (χ2v) is 1.60. The third-order valence-corrected chi connectivity index (χ3v) is 1.09. The zero-order chi connectivity index (χ0) is 4.99. The number of aliphatic hydroxyl groups excluding tert-OH is 1. The molecule has 0 aliphatic carbocycles. The number of hydrogen-bond acceptors (Lipinski definition) is 1. The molecule has 0 heterocycles. The first-order valence-corrected chi connectivity index (χ1v) is 2.80. The summed E-state index contributed by atoms with van der Waals surface area (Å²) in [4.78, 5) is 0. The van der Waals surface area contributed by atoms with E-state index in [4.69, 9.17) is 5.11 Å². The molecule has 0 saturated carbocycles. The summed E-state index contributed by atoms with van der Waals surface area (Å²) in [5, 5.41) is 9.08. The second-order valence-electron chi connectivity index (χ2n) is 0.957. The third kappa shape index (κ3) is 2.42. The molecule has 0 amide bonds. The fourth-order valence-electron chi connectivity index (χ4n) is 0.0630. The number of aliphatic hydroxyl groups is 1. The maximum absolute atomic E-state index is 8.50. The molecule has 0 aromatic heterocycles. The van der Waals surface area contributed by atoms with E-state index < -0.39 is 0 Å². The zero-order valence-corrected chi connectivity index (χ0v) is 4.98. The third-order valence-electron chi connectivity index (χ3n) is 0.430. The Morgan fingerprint density at radius 3 is 2.50 bits per heavy atom. The smallest absolute Gasteiger partial charge is 0.0815 e. The van der Waals surface area contributed by atoms with E-state index in [9.17, 15) is 0 Å². The van der Waals surface area contributed by atoms with Crippen molar-refractivity contribution in [1.82, 2.24) is 0 Å². The normalized spacial score (nSPS) is 13.7. The van der Waals surface area contributed by atoms with Crippen LogP contribution in [0.4, 0.5) is 0 Å². The lowest BCUT2D eigenvalue weighted by molar-refractivity contribution is 0.250. The Morgan fingerprint density at radius 2 is 2.50 bits per heavy atom. The Morgan fingerprint density at radius 1 is 2.00 bits per heavy atom. The van der Waals surface area contributed by atoms with Crippen LogP contribution in [0.1, 0.15) is 0 Å². The lowest BCUT2D eigenvalue weighted by Gasteiger charge is -1.92. The maximum atomic E-state index is 8.50. The Bertz CT molecular complexity index is 44.8. The summed E-state index contributed by atoms with van der Waals surface area (Å²) in [6, 6.07) is 0.